The van der Waals surface area contributed by atoms with E-state index in [-0.39, 0.29) is 5.91 Å². The van der Waals surface area contributed by atoms with Crippen LogP contribution in [0.3, 0.4) is 0 Å². The molecule has 0 unspecified atom stereocenters. The second-order valence-corrected chi connectivity index (χ2v) is 7.33. The van der Waals surface area contributed by atoms with E-state index in [0.717, 1.165) is 25.1 Å². The lowest BCUT2D eigenvalue weighted by Crippen LogP contribution is -2.30. The zero-order valence-electron chi connectivity index (χ0n) is 16.2. The minimum Gasteiger partial charge on any atom is -0.421 e. The normalized spacial score (nSPS) is 15.4. The van der Waals surface area contributed by atoms with Gasteiger partial charge in [0.05, 0.1) is 0 Å². The third-order valence-electron chi connectivity index (χ3n) is 5.00. The van der Waals surface area contributed by atoms with Crippen LogP contribution in [0.2, 0.25) is 0 Å². The monoisotopic (exact) mass is 370 g/mol. The number of carbonyl (C=O) groups excluding carboxylic acids is 1. The molecule has 1 amide bonds. The highest BCUT2D eigenvalue weighted by Gasteiger charge is 2.11. The van der Waals surface area contributed by atoms with Crippen LogP contribution in [-0.4, -0.2) is 47.2 Å². The highest BCUT2D eigenvalue weighted by Crippen LogP contribution is 2.18. The lowest BCUT2D eigenvalue weighted by Gasteiger charge is -2.19. The van der Waals surface area contributed by atoms with E-state index in [9.17, 15) is 4.79 Å². The molecule has 1 fully saturated rings. The van der Waals surface area contributed by atoms with Crippen LogP contribution in [0.4, 0.5) is 0 Å². The number of aromatic nitrogens is 2. The average molecular weight is 370 g/mol. The SMILES string of the molecule is Cc1ccc(-c2nnc(CCC(=O)NCCCN3CCCCCC3)o2)cc1. The van der Waals surface area contributed by atoms with Gasteiger partial charge in [-0.2, -0.15) is 0 Å². The zero-order chi connectivity index (χ0) is 18.9. The van der Waals surface area contributed by atoms with Gasteiger partial charge in [0.2, 0.25) is 17.7 Å². The molecule has 1 N–H and O–H groups in total. The number of hydrogen-bond acceptors (Lipinski definition) is 5. The van der Waals surface area contributed by atoms with Crippen LogP contribution in [0.1, 0.15) is 50.0 Å². The van der Waals surface area contributed by atoms with Crippen molar-refractivity contribution in [1.29, 1.82) is 0 Å². The number of aryl methyl sites for hydroxylation is 2. The van der Waals surface area contributed by atoms with Crippen molar-refractivity contribution in [3.63, 3.8) is 0 Å². The summed E-state index contributed by atoms with van der Waals surface area (Å²) in [6.07, 6.45) is 7.17. The highest BCUT2D eigenvalue weighted by molar-refractivity contribution is 5.75. The standard InChI is InChI=1S/C21H30N4O2/c1-17-7-9-18(10-8-17)21-24-23-20(27-21)12-11-19(26)22-13-6-16-25-14-4-2-3-5-15-25/h7-10H,2-6,11-16H2,1H3,(H,22,26). The summed E-state index contributed by atoms with van der Waals surface area (Å²) in [6, 6.07) is 7.95. The van der Waals surface area contributed by atoms with Gasteiger partial charge in [0, 0.05) is 24.9 Å². The number of benzene rings is 1. The van der Waals surface area contributed by atoms with Crippen LogP contribution in [0, 0.1) is 6.92 Å². The highest BCUT2D eigenvalue weighted by atomic mass is 16.4. The van der Waals surface area contributed by atoms with Gasteiger partial charge >= 0.3 is 0 Å². The van der Waals surface area contributed by atoms with Crippen molar-refractivity contribution in [1.82, 2.24) is 20.4 Å². The molecule has 0 atom stereocenters. The van der Waals surface area contributed by atoms with Crippen LogP contribution >= 0.6 is 0 Å². The molecule has 1 aliphatic heterocycles. The van der Waals surface area contributed by atoms with E-state index in [2.05, 4.69) is 20.4 Å². The number of rotatable bonds is 8. The van der Waals surface area contributed by atoms with E-state index in [4.69, 9.17) is 4.42 Å². The number of hydrogen-bond donors (Lipinski definition) is 1. The van der Waals surface area contributed by atoms with Crippen LogP contribution in [0.15, 0.2) is 28.7 Å². The van der Waals surface area contributed by atoms with Crippen LogP contribution in [0.5, 0.6) is 0 Å². The van der Waals surface area contributed by atoms with Crippen molar-refractivity contribution < 1.29 is 9.21 Å². The van der Waals surface area contributed by atoms with Crippen molar-refractivity contribution in [2.75, 3.05) is 26.2 Å². The molecule has 2 heterocycles. The molecule has 0 saturated carbocycles. The molecule has 0 radical (unpaired) electrons. The zero-order valence-corrected chi connectivity index (χ0v) is 16.2. The molecule has 6 nitrogen and oxygen atoms in total. The van der Waals surface area contributed by atoms with Crippen LogP contribution in [-0.2, 0) is 11.2 Å². The molecular weight excluding hydrogens is 340 g/mol. The van der Waals surface area contributed by atoms with Crippen molar-refractivity contribution in [2.45, 2.75) is 51.9 Å². The first kappa shape index (κ1) is 19.5. The average Bonchev–Trinajstić information content (AvgIpc) is 3.00. The number of amides is 1. The van der Waals surface area contributed by atoms with E-state index in [1.54, 1.807) is 0 Å². The predicted molar refractivity (Wildman–Crippen MR) is 105 cm³/mol. The largest absolute Gasteiger partial charge is 0.421 e. The fourth-order valence-electron chi connectivity index (χ4n) is 3.37. The lowest BCUT2D eigenvalue weighted by molar-refractivity contribution is -0.121. The van der Waals surface area contributed by atoms with Gasteiger partial charge < -0.3 is 14.6 Å². The Labute approximate surface area is 161 Å². The Kier molecular flexibility index (Phi) is 7.39. The Balaban J connectivity index is 1.34. The summed E-state index contributed by atoms with van der Waals surface area (Å²) in [5, 5.41) is 11.1. The summed E-state index contributed by atoms with van der Waals surface area (Å²) in [5.74, 6) is 1.05. The minimum atomic E-state index is 0.0425. The summed E-state index contributed by atoms with van der Waals surface area (Å²) >= 11 is 0. The van der Waals surface area contributed by atoms with E-state index < -0.39 is 0 Å². The first-order valence-electron chi connectivity index (χ1n) is 10.1. The van der Waals surface area contributed by atoms with Crippen molar-refractivity contribution in [2.24, 2.45) is 0 Å². The molecule has 1 aromatic heterocycles. The van der Waals surface area contributed by atoms with Crippen molar-refractivity contribution >= 4 is 5.91 Å². The summed E-state index contributed by atoms with van der Waals surface area (Å²) in [4.78, 5) is 14.5. The topological polar surface area (TPSA) is 71.3 Å². The van der Waals surface area contributed by atoms with Gasteiger partial charge in [-0.05, 0) is 58.0 Å². The molecule has 0 spiro atoms. The fourth-order valence-corrected chi connectivity index (χ4v) is 3.37. The molecule has 1 aliphatic rings. The van der Waals surface area contributed by atoms with E-state index in [1.165, 1.54) is 44.3 Å². The predicted octanol–water partition coefficient (Wildman–Crippen LogP) is 3.36. The van der Waals surface area contributed by atoms with E-state index in [1.807, 2.05) is 31.2 Å². The quantitative estimate of drug-likeness (QED) is 0.722. The Morgan fingerprint density at radius 1 is 1.11 bits per heavy atom. The first-order chi connectivity index (χ1) is 13.2. The van der Waals surface area contributed by atoms with Crippen LogP contribution in [0.25, 0.3) is 11.5 Å². The number of nitrogens with zero attached hydrogens (tertiary/aromatic N) is 3. The summed E-state index contributed by atoms with van der Waals surface area (Å²) in [7, 11) is 0. The second kappa shape index (κ2) is 10.2. The second-order valence-electron chi connectivity index (χ2n) is 7.33. The van der Waals surface area contributed by atoms with E-state index in [0.29, 0.717) is 24.6 Å². The Bertz CT molecular complexity index is 703. The van der Waals surface area contributed by atoms with Gasteiger partial charge in [0.15, 0.2) is 0 Å². The van der Waals surface area contributed by atoms with E-state index >= 15 is 0 Å². The van der Waals surface area contributed by atoms with Gasteiger partial charge in [-0.3, -0.25) is 4.79 Å². The molecule has 1 aromatic carbocycles. The molecule has 6 heteroatoms. The molecule has 27 heavy (non-hydrogen) atoms. The lowest BCUT2D eigenvalue weighted by atomic mass is 10.1. The van der Waals surface area contributed by atoms with Gasteiger partial charge in [-0.15, -0.1) is 10.2 Å². The molecular formula is C21H30N4O2. The Morgan fingerprint density at radius 3 is 2.59 bits per heavy atom. The molecule has 0 aliphatic carbocycles. The molecule has 3 rings (SSSR count). The maximum atomic E-state index is 12.0. The number of likely N-dealkylation sites (tertiary alicyclic amines) is 1. The first-order valence-corrected chi connectivity index (χ1v) is 10.1. The maximum Gasteiger partial charge on any atom is 0.247 e. The number of nitrogens with one attached hydrogen (secondary N) is 1. The third-order valence-corrected chi connectivity index (χ3v) is 5.00. The van der Waals surface area contributed by atoms with Gasteiger partial charge in [-0.1, -0.05) is 30.5 Å². The van der Waals surface area contributed by atoms with Gasteiger partial charge in [0.1, 0.15) is 0 Å². The summed E-state index contributed by atoms with van der Waals surface area (Å²) < 4.78 is 5.67. The smallest absolute Gasteiger partial charge is 0.247 e. The van der Waals surface area contributed by atoms with Crippen molar-refractivity contribution in [3.8, 4) is 11.5 Å². The fraction of sp³-hybridized carbons (Fsp3) is 0.571. The minimum absolute atomic E-state index is 0.0425. The molecule has 1 saturated heterocycles. The Hall–Kier alpha value is -2.21. The van der Waals surface area contributed by atoms with Gasteiger partial charge in [0.25, 0.3) is 0 Å². The summed E-state index contributed by atoms with van der Waals surface area (Å²) in [6.45, 7) is 6.25. The van der Waals surface area contributed by atoms with Crippen molar-refractivity contribution in [3.05, 3.63) is 35.7 Å². The third kappa shape index (κ3) is 6.47. The maximum absolute atomic E-state index is 12.0. The summed E-state index contributed by atoms with van der Waals surface area (Å²) in [5.41, 5.74) is 2.09. The Morgan fingerprint density at radius 2 is 1.85 bits per heavy atom. The molecule has 2 aromatic rings. The van der Waals surface area contributed by atoms with Gasteiger partial charge in [-0.25, -0.2) is 0 Å². The number of carbonyl (C=O) groups is 1. The molecule has 0 bridgehead atoms. The van der Waals surface area contributed by atoms with Crippen LogP contribution < -0.4 is 5.32 Å². The molecule has 146 valence electrons.